The molecule has 0 aliphatic carbocycles. The van der Waals surface area contributed by atoms with Crippen LogP contribution in [0.5, 0.6) is 0 Å². The second kappa shape index (κ2) is 8.44. The standard InChI is InChI=1S/C15H32S/c1-6-13(2)9-7-10-14(3)11-8-12-15(4,5)16/h13-14,16H,6-12H2,1-5H3. The van der Waals surface area contributed by atoms with Gasteiger partial charge in [0, 0.05) is 4.75 Å². The maximum absolute atomic E-state index is 4.57. The average molecular weight is 244 g/mol. The maximum Gasteiger partial charge on any atom is 0.00731 e. The van der Waals surface area contributed by atoms with E-state index in [1.54, 1.807) is 0 Å². The highest BCUT2D eigenvalue weighted by Gasteiger charge is 2.11. The summed E-state index contributed by atoms with van der Waals surface area (Å²) in [5.41, 5.74) is 0. The highest BCUT2D eigenvalue weighted by atomic mass is 32.1. The van der Waals surface area contributed by atoms with Gasteiger partial charge in [0.2, 0.25) is 0 Å². The molecule has 0 aromatic carbocycles. The normalized spacial score (nSPS) is 16.1. The van der Waals surface area contributed by atoms with Crippen LogP contribution < -0.4 is 0 Å². The van der Waals surface area contributed by atoms with Gasteiger partial charge in [-0.05, 0) is 18.3 Å². The highest BCUT2D eigenvalue weighted by molar-refractivity contribution is 7.81. The van der Waals surface area contributed by atoms with Gasteiger partial charge in [0.05, 0.1) is 0 Å². The molecule has 0 aliphatic heterocycles. The number of hydrogen-bond donors (Lipinski definition) is 1. The summed E-state index contributed by atoms with van der Waals surface area (Å²) in [6.07, 6.45) is 9.54. The van der Waals surface area contributed by atoms with Gasteiger partial charge in [-0.25, -0.2) is 0 Å². The van der Waals surface area contributed by atoms with Gasteiger partial charge in [-0.2, -0.15) is 12.6 Å². The molecule has 0 nitrogen and oxygen atoms in total. The van der Waals surface area contributed by atoms with Gasteiger partial charge in [0.15, 0.2) is 0 Å². The van der Waals surface area contributed by atoms with E-state index < -0.39 is 0 Å². The summed E-state index contributed by atoms with van der Waals surface area (Å²) in [5.74, 6) is 1.82. The van der Waals surface area contributed by atoms with Crippen LogP contribution in [0.2, 0.25) is 0 Å². The fourth-order valence-corrected chi connectivity index (χ4v) is 2.20. The topological polar surface area (TPSA) is 0 Å². The third kappa shape index (κ3) is 10.9. The zero-order valence-electron chi connectivity index (χ0n) is 12.1. The molecule has 0 aromatic rings. The van der Waals surface area contributed by atoms with E-state index in [2.05, 4.69) is 47.2 Å². The Labute approximate surface area is 109 Å². The molecule has 1 heteroatoms. The fourth-order valence-electron chi connectivity index (χ4n) is 2.05. The van der Waals surface area contributed by atoms with Gasteiger partial charge in [0.1, 0.15) is 0 Å². The van der Waals surface area contributed by atoms with Crippen LogP contribution in [0.15, 0.2) is 0 Å². The quantitative estimate of drug-likeness (QED) is 0.493. The first-order valence-electron chi connectivity index (χ1n) is 7.07. The van der Waals surface area contributed by atoms with Gasteiger partial charge in [-0.3, -0.25) is 0 Å². The molecule has 0 aromatic heterocycles. The van der Waals surface area contributed by atoms with Crippen LogP contribution in [-0.2, 0) is 0 Å². The third-order valence-corrected chi connectivity index (χ3v) is 3.80. The van der Waals surface area contributed by atoms with E-state index in [4.69, 9.17) is 0 Å². The van der Waals surface area contributed by atoms with Crippen LogP contribution >= 0.6 is 12.6 Å². The minimum Gasteiger partial charge on any atom is -0.173 e. The fraction of sp³-hybridized carbons (Fsp3) is 1.00. The summed E-state index contributed by atoms with van der Waals surface area (Å²) in [4.78, 5) is 0. The van der Waals surface area contributed by atoms with Gasteiger partial charge in [0.25, 0.3) is 0 Å². The van der Waals surface area contributed by atoms with Crippen molar-refractivity contribution in [3.8, 4) is 0 Å². The molecule has 16 heavy (non-hydrogen) atoms. The lowest BCUT2D eigenvalue weighted by Gasteiger charge is -2.18. The molecular formula is C15H32S. The first-order chi connectivity index (χ1) is 7.35. The maximum atomic E-state index is 4.57. The Balaban J connectivity index is 3.41. The first kappa shape index (κ1) is 16.4. The van der Waals surface area contributed by atoms with E-state index in [0.717, 1.165) is 11.8 Å². The minimum atomic E-state index is 0.219. The SMILES string of the molecule is CCC(C)CCCC(C)CCCC(C)(C)S. The van der Waals surface area contributed by atoms with Crippen molar-refractivity contribution in [1.82, 2.24) is 0 Å². The van der Waals surface area contributed by atoms with E-state index in [1.807, 2.05) is 0 Å². The smallest absolute Gasteiger partial charge is 0.00731 e. The molecule has 0 rings (SSSR count). The predicted molar refractivity (Wildman–Crippen MR) is 79.4 cm³/mol. The Morgan fingerprint density at radius 3 is 1.94 bits per heavy atom. The third-order valence-electron chi connectivity index (χ3n) is 3.58. The van der Waals surface area contributed by atoms with Crippen molar-refractivity contribution in [2.75, 3.05) is 0 Å². The van der Waals surface area contributed by atoms with Crippen LogP contribution in [0.4, 0.5) is 0 Å². The van der Waals surface area contributed by atoms with Crippen molar-refractivity contribution in [3.05, 3.63) is 0 Å². The van der Waals surface area contributed by atoms with E-state index in [1.165, 1.54) is 44.9 Å². The monoisotopic (exact) mass is 244 g/mol. The van der Waals surface area contributed by atoms with E-state index in [0.29, 0.717) is 0 Å². The summed E-state index contributed by atoms with van der Waals surface area (Å²) in [6, 6.07) is 0. The molecule has 2 unspecified atom stereocenters. The molecular weight excluding hydrogens is 212 g/mol. The zero-order chi connectivity index (χ0) is 12.6. The summed E-state index contributed by atoms with van der Waals surface area (Å²) < 4.78 is 0.219. The lowest BCUT2D eigenvalue weighted by molar-refractivity contribution is 0.402. The Morgan fingerprint density at radius 2 is 1.44 bits per heavy atom. The molecule has 0 saturated carbocycles. The second-order valence-corrected chi connectivity index (χ2v) is 7.46. The highest BCUT2D eigenvalue weighted by Crippen LogP contribution is 2.24. The van der Waals surface area contributed by atoms with Gasteiger partial charge >= 0.3 is 0 Å². The van der Waals surface area contributed by atoms with Crippen molar-refractivity contribution >= 4 is 12.6 Å². The molecule has 0 amide bonds. The molecule has 0 aliphatic rings. The van der Waals surface area contributed by atoms with E-state index in [-0.39, 0.29) is 4.75 Å². The van der Waals surface area contributed by atoms with Crippen LogP contribution in [0.3, 0.4) is 0 Å². The first-order valence-corrected chi connectivity index (χ1v) is 7.52. The minimum absolute atomic E-state index is 0.219. The average Bonchev–Trinajstić information content (AvgIpc) is 2.15. The summed E-state index contributed by atoms with van der Waals surface area (Å²) in [6.45, 7) is 11.5. The summed E-state index contributed by atoms with van der Waals surface area (Å²) in [5, 5.41) is 0. The van der Waals surface area contributed by atoms with Gasteiger partial charge < -0.3 is 0 Å². The predicted octanol–water partition coefficient (Wildman–Crippen LogP) is 5.72. The van der Waals surface area contributed by atoms with Gasteiger partial charge in [-0.1, -0.05) is 73.1 Å². The molecule has 0 radical (unpaired) electrons. The van der Waals surface area contributed by atoms with Crippen molar-refractivity contribution in [3.63, 3.8) is 0 Å². The van der Waals surface area contributed by atoms with Gasteiger partial charge in [-0.15, -0.1) is 0 Å². The van der Waals surface area contributed by atoms with Crippen LogP contribution in [-0.4, -0.2) is 4.75 Å². The molecule has 0 spiro atoms. The largest absolute Gasteiger partial charge is 0.173 e. The molecule has 0 heterocycles. The molecule has 98 valence electrons. The Bertz CT molecular complexity index is 157. The van der Waals surface area contributed by atoms with Crippen molar-refractivity contribution in [1.29, 1.82) is 0 Å². The van der Waals surface area contributed by atoms with Crippen LogP contribution in [0.25, 0.3) is 0 Å². The van der Waals surface area contributed by atoms with Crippen molar-refractivity contribution in [2.45, 2.75) is 84.3 Å². The molecule has 0 N–H and O–H groups in total. The van der Waals surface area contributed by atoms with Crippen molar-refractivity contribution < 1.29 is 0 Å². The molecule has 0 saturated heterocycles. The molecule has 0 bridgehead atoms. The van der Waals surface area contributed by atoms with E-state index in [9.17, 15) is 0 Å². The lowest BCUT2D eigenvalue weighted by Crippen LogP contribution is -2.10. The van der Waals surface area contributed by atoms with Crippen molar-refractivity contribution in [2.24, 2.45) is 11.8 Å². The Hall–Kier alpha value is 0.350. The van der Waals surface area contributed by atoms with Crippen LogP contribution in [0, 0.1) is 11.8 Å². The molecule has 0 fully saturated rings. The second-order valence-electron chi connectivity index (χ2n) is 6.25. The van der Waals surface area contributed by atoms with E-state index >= 15 is 0 Å². The Kier molecular flexibility index (Phi) is 8.63. The lowest BCUT2D eigenvalue weighted by atomic mass is 9.93. The zero-order valence-corrected chi connectivity index (χ0v) is 12.9. The number of rotatable bonds is 9. The number of thiol groups is 1. The summed E-state index contributed by atoms with van der Waals surface area (Å²) in [7, 11) is 0. The Morgan fingerprint density at radius 1 is 0.938 bits per heavy atom. The number of hydrogen-bond acceptors (Lipinski definition) is 1. The van der Waals surface area contributed by atoms with Crippen LogP contribution in [0.1, 0.15) is 79.6 Å². The summed E-state index contributed by atoms with van der Waals surface area (Å²) >= 11 is 4.57. The molecule has 2 atom stereocenters.